The van der Waals surface area contributed by atoms with Crippen LogP contribution in [0.15, 0.2) is 0 Å². The number of likely N-dealkylation sites (tertiary alicyclic amines) is 1. The molecule has 0 bridgehead atoms. The SMILES string of the molecule is COC(=O)C1(C(=O)N2CCC(F)CC2)CC1. The molecule has 0 spiro atoms. The van der Waals surface area contributed by atoms with Crippen LogP contribution in [0, 0.1) is 5.41 Å². The van der Waals surface area contributed by atoms with Crippen LogP contribution in [-0.2, 0) is 14.3 Å². The van der Waals surface area contributed by atoms with E-state index < -0.39 is 17.6 Å². The second kappa shape index (κ2) is 4.03. The maximum atomic E-state index is 12.9. The highest BCUT2D eigenvalue weighted by Gasteiger charge is 2.59. The average Bonchev–Trinajstić information content (AvgIpc) is 3.09. The van der Waals surface area contributed by atoms with Crippen molar-refractivity contribution in [3.8, 4) is 0 Å². The van der Waals surface area contributed by atoms with Gasteiger partial charge in [-0.15, -0.1) is 0 Å². The maximum absolute atomic E-state index is 12.9. The van der Waals surface area contributed by atoms with Crippen molar-refractivity contribution >= 4 is 11.9 Å². The molecule has 5 heteroatoms. The van der Waals surface area contributed by atoms with Crippen LogP contribution in [0.25, 0.3) is 0 Å². The van der Waals surface area contributed by atoms with Gasteiger partial charge in [0.05, 0.1) is 7.11 Å². The van der Waals surface area contributed by atoms with Gasteiger partial charge >= 0.3 is 5.97 Å². The van der Waals surface area contributed by atoms with Crippen LogP contribution in [0.5, 0.6) is 0 Å². The highest BCUT2D eigenvalue weighted by Crippen LogP contribution is 2.48. The van der Waals surface area contributed by atoms with Crippen molar-refractivity contribution in [2.24, 2.45) is 5.41 Å². The molecule has 1 heterocycles. The second-order valence-electron chi connectivity index (χ2n) is 4.54. The first-order valence-electron chi connectivity index (χ1n) is 5.62. The number of ether oxygens (including phenoxy) is 1. The minimum absolute atomic E-state index is 0.175. The van der Waals surface area contributed by atoms with Gasteiger partial charge in [0.25, 0.3) is 0 Å². The van der Waals surface area contributed by atoms with E-state index in [1.54, 1.807) is 4.90 Å². The molecule has 4 nitrogen and oxygen atoms in total. The molecule has 2 fully saturated rings. The Morgan fingerprint density at radius 3 is 2.31 bits per heavy atom. The molecule has 1 saturated heterocycles. The third-order valence-corrected chi connectivity index (χ3v) is 3.45. The van der Waals surface area contributed by atoms with Crippen LogP contribution in [0.3, 0.4) is 0 Å². The number of carbonyl (C=O) groups excluding carboxylic acids is 2. The first-order chi connectivity index (χ1) is 7.60. The van der Waals surface area contributed by atoms with Gasteiger partial charge in [-0.3, -0.25) is 9.59 Å². The molecule has 0 unspecified atom stereocenters. The highest BCUT2D eigenvalue weighted by molar-refractivity contribution is 6.05. The quantitative estimate of drug-likeness (QED) is 0.522. The van der Waals surface area contributed by atoms with E-state index in [1.165, 1.54) is 7.11 Å². The van der Waals surface area contributed by atoms with Gasteiger partial charge in [0, 0.05) is 13.1 Å². The van der Waals surface area contributed by atoms with E-state index in [1.807, 2.05) is 0 Å². The number of halogens is 1. The molecule has 0 N–H and O–H groups in total. The van der Waals surface area contributed by atoms with E-state index in [4.69, 9.17) is 0 Å². The Hall–Kier alpha value is -1.13. The van der Waals surface area contributed by atoms with Gasteiger partial charge in [0.1, 0.15) is 11.6 Å². The summed E-state index contributed by atoms with van der Waals surface area (Å²) in [6.07, 6.45) is 1.08. The van der Waals surface area contributed by atoms with E-state index >= 15 is 0 Å². The number of amides is 1. The fourth-order valence-corrected chi connectivity index (χ4v) is 2.18. The average molecular weight is 229 g/mol. The Kier molecular flexibility index (Phi) is 2.86. The lowest BCUT2D eigenvalue weighted by atomic mass is 10.0. The number of hydrogen-bond acceptors (Lipinski definition) is 3. The van der Waals surface area contributed by atoms with E-state index in [-0.39, 0.29) is 5.91 Å². The number of hydrogen-bond donors (Lipinski definition) is 0. The van der Waals surface area contributed by atoms with Crippen molar-refractivity contribution in [3.63, 3.8) is 0 Å². The summed E-state index contributed by atoms with van der Waals surface area (Å²) in [4.78, 5) is 25.2. The van der Waals surface area contributed by atoms with Crippen LogP contribution in [0.4, 0.5) is 4.39 Å². The first-order valence-corrected chi connectivity index (χ1v) is 5.62. The van der Waals surface area contributed by atoms with Crippen molar-refractivity contribution in [1.82, 2.24) is 4.90 Å². The van der Waals surface area contributed by atoms with Gasteiger partial charge in [-0.1, -0.05) is 0 Å². The van der Waals surface area contributed by atoms with Crippen molar-refractivity contribution in [2.45, 2.75) is 31.9 Å². The predicted octanol–water partition coefficient (Wildman–Crippen LogP) is 0.900. The lowest BCUT2D eigenvalue weighted by Crippen LogP contribution is -2.45. The minimum Gasteiger partial charge on any atom is -0.468 e. The van der Waals surface area contributed by atoms with E-state index in [2.05, 4.69) is 4.74 Å². The van der Waals surface area contributed by atoms with Gasteiger partial charge in [0.2, 0.25) is 5.91 Å². The molecule has 1 aliphatic carbocycles. The Bertz CT molecular complexity index is 306. The third-order valence-electron chi connectivity index (χ3n) is 3.45. The lowest BCUT2D eigenvalue weighted by molar-refractivity contribution is -0.156. The molecule has 2 aliphatic rings. The molecule has 0 aromatic carbocycles. The molecule has 1 aliphatic heterocycles. The van der Waals surface area contributed by atoms with Crippen LogP contribution in [0.2, 0.25) is 0 Å². The number of methoxy groups -OCH3 is 1. The van der Waals surface area contributed by atoms with Gasteiger partial charge < -0.3 is 9.64 Å². The fourth-order valence-electron chi connectivity index (χ4n) is 2.18. The van der Waals surface area contributed by atoms with Crippen molar-refractivity contribution in [2.75, 3.05) is 20.2 Å². The van der Waals surface area contributed by atoms with Crippen molar-refractivity contribution in [1.29, 1.82) is 0 Å². The lowest BCUT2D eigenvalue weighted by Gasteiger charge is -2.31. The molecule has 90 valence electrons. The van der Waals surface area contributed by atoms with Crippen molar-refractivity contribution in [3.05, 3.63) is 0 Å². The molecule has 1 saturated carbocycles. The van der Waals surface area contributed by atoms with E-state index in [9.17, 15) is 14.0 Å². The van der Waals surface area contributed by atoms with Gasteiger partial charge in [-0.05, 0) is 25.7 Å². The maximum Gasteiger partial charge on any atom is 0.321 e. The molecule has 1 amide bonds. The summed E-state index contributed by atoms with van der Waals surface area (Å²) in [5.41, 5.74) is -0.933. The normalized spacial score (nSPS) is 24.0. The largest absolute Gasteiger partial charge is 0.468 e. The number of nitrogens with zero attached hydrogens (tertiary/aromatic N) is 1. The van der Waals surface area contributed by atoms with E-state index in [0.29, 0.717) is 38.8 Å². The standard InChI is InChI=1S/C11H16FNO3/c1-16-10(15)11(4-5-11)9(14)13-6-2-8(12)3-7-13/h8H,2-7H2,1H3. The highest BCUT2D eigenvalue weighted by atomic mass is 19.1. The first kappa shape index (κ1) is 11.4. The Balaban J connectivity index is 2.00. The van der Waals surface area contributed by atoms with Crippen LogP contribution in [0.1, 0.15) is 25.7 Å². The summed E-state index contributed by atoms with van der Waals surface area (Å²) in [7, 11) is 1.30. The molecule has 0 radical (unpaired) electrons. The van der Waals surface area contributed by atoms with Crippen LogP contribution >= 0.6 is 0 Å². The smallest absolute Gasteiger partial charge is 0.321 e. The predicted molar refractivity (Wildman–Crippen MR) is 54.4 cm³/mol. The van der Waals surface area contributed by atoms with Crippen LogP contribution in [-0.4, -0.2) is 43.1 Å². The molecule has 0 aromatic rings. The van der Waals surface area contributed by atoms with Gasteiger partial charge in [-0.2, -0.15) is 0 Å². The number of esters is 1. The van der Waals surface area contributed by atoms with Gasteiger partial charge in [0.15, 0.2) is 0 Å². The third kappa shape index (κ3) is 1.79. The number of alkyl halides is 1. The molecule has 16 heavy (non-hydrogen) atoms. The van der Waals surface area contributed by atoms with Crippen molar-refractivity contribution < 1.29 is 18.7 Å². The zero-order chi connectivity index (χ0) is 11.8. The van der Waals surface area contributed by atoms with Gasteiger partial charge in [-0.25, -0.2) is 4.39 Å². The summed E-state index contributed by atoms with van der Waals surface area (Å²) in [6, 6.07) is 0. The molecule has 2 rings (SSSR count). The number of carbonyl (C=O) groups is 2. The Morgan fingerprint density at radius 1 is 1.31 bits per heavy atom. The zero-order valence-electron chi connectivity index (χ0n) is 9.37. The monoisotopic (exact) mass is 229 g/mol. The Morgan fingerprint density at radius 2 is 1.88 bits per heavy atom. The molecular formula is C11H16FNO3. The molecule has 0 aromatic heterocycles. The number of piperidine rings is 1. The molecular weight excluding hydrogens is 213 g/mol. The zero-order valence-corrected chi connectivity index (χ0v) is 9.37. The summed E-state index contributed by atoms with van der Waals surface area (Å²) in [5, 5.41) is 0. The summed E-state index contributed by atoms with van der Waals surface area (Å²) < 4.78 is 17.6. The molecule has 0 atom stereocenters. The van der Waals surface area contributed by atoms with E-state index in [0.717, 1.165) is 0 Å². The summed E-state index contributed by atoms with van der Waals surface area (Å²) >= 11 is 0. The summed E-state index contributed by atoms with van der Waals surface area (Å²) in [5.74, 6) is -0.619. The number of rotatable bonds is 2. The van der Waals surface area contributed by atoms with Crippen LogP contribution < -0.4 is 0 Å². The minimum atomic E-state index is -0.933. The summed E-state index contributed by atoms with van der Waals surface area (Å²) in [6.45, 7) is 0.831. The fraction of sp³-hybridized carbons (Fsp3) is 0.818. The topological polar surface area (TPSA) is 46.6 Å². The Labute approximate surface area is 93.7 Å². The second-order valence-corrected chi connectivity index (χ2v) is 4.54.